The van der Waals surface area contributed by atoms with Gasteiger partial charge in [-0.25, -0.2) is 0 Å². The molecule has 1 saturated heterocycles. The van der Waals surface area contributed by atoms with Gasteiger partial charge in [-0.05, 0) is 41.6 Å². The molecule has 1 saturated carbocycles. The second kappa shape index (κ2) is 3.47. The molecule has 4 aliphatic rings. The Bertz CT molecular complexity index is 815. The molecule has 6 rings (SSSR count). The van der Waals surface area contributed by atoms with Crippen LogP contribution in [0.5, 0.6) is 0 Å². The van der Waals surface area contributed by atoms with Crippen LogP contribution in [0.1, 0.15) is 40.5 Å². The number of hydrogen-bond donors (Lipinski definition) is 0. The van der Waals surface area contributed by atoms with Crippen molar-refractivity contribution in [2.24, 2.45) is 5.41 Å². The van der Waals surface area contributed by atoms with Gasteiger partial charge >= 0.3 is 0 Å². The number of nitrogens with zero attached hydrogens (tertiary/aromatic N) is 1. The quantitative estimate of drug-likeness (QED) is 0.736. The fourth-order valence-corrected chi connectivity index (χ4v) is 6.25. The molecule has 0 radical (unpaired) electrons. The summed E-state index contributed by atoms with van der Waals surface area (Å²) in [5, 5.41) is 0. The van der Waals surface area contributed by atoms with E-state index < -0.39 is 0 Å². The molecule has 22 heavy (non-hydrogen) atoms. The van der Waals surface area contributed by atoms with Crippen LogP contribution in [0.25, 0.3) is 0 Å². The summed E-state index contributed by atoms with van der Waals surface area (Å²) in [4.78, 5) is 2.36. The molecule has 4 atom stereocenters. The fraction of sp³-hybridized carbons (Fsp3) is 0.400. The molecular formula is C20H19NO. The van der Waals surface area contributed by atoms with E-state index in [1.54, 1.807) is 5.56 Å². The standard InChI is InChI=1S/C20H19NO/c1-21-11-19-10-15-13-6-2-4-8-16(13)20(19,22-12-21)17-9-5-3-7-14(17)18(15)19/h2-9,15,18H,10-12H2,1H3. The Hall–Kier alpha value is -1.64. The summed E-state index contributed by atoms with van der Waals surface area (Å²) < 4.78 is 6.69. The van der Waals surface area contributed by atoms with Crippen molar-refractivity contribution in [3.05, 3.63) is 70.8 Å². The van der Waals surface area contributed by atoms with Crippen LogP contribution in [-0.2, 0) is 10.3 Å². The van der Waals surface area contributed by atoms with Gasteiger partial charge in [0.05, 0.1) is 0 Å². The molecule has 1 heterocycles. The minimum Gasteiger partial charge on any atom is -0.349 e. The predicted molar refractivity (Wildman–Crippen MR) is 84.8 cm³/mol. The lowest BCUT2D eigenvalue weighted by Gasteiger charge is -2.67. The molecule has 3 aliphatic carbocycles. The maximum atomic E-state index is 6.69. The van der Waals surface area contributed by atoms with Crippen molar-refractivity contribution in [1.29, 1.82) is 0 Å². The molecule has 110 valence electrons. The average Bonchev–Trinajstić information content (AvgIpc) is 2.67. The van der Waals surface area contributed by atoms with Gasteiger partial charge in [0.1, 0.15) is 12.3 Å². The largest absolute Gasteiger partial charge is 0.349 e. The van der Waals surface area contributed by atoms with Crippen molar-refractivity contribution in [1.82, 2.24) is 4.90 Å². The van der Waals surface area contributed by atoms with Crippen LogP contribution in [0.3, 0.4) is 0 Å². The molecule has 2 nitrogen and oxygen atoms in total. The van der Waals surface area contributed by atoms with Crippen LogP contribution in [0.2, 0.25) is 0 Å². The lowest BCUT2D eigenvalue weighted by atomic mass is 9.42. The van der Waals surface area contributed by atoms with Crippen LogP contribution in [-0.4, -0.2) is 25.2 Å². The van der Waals surface area contributed by atoms with Gasteiger partial charge < -0.3 is 4.74 Å². The van der Waals surface area contributed by atoms with Gasteiger partial charge in [-0.15, -0.1) is 0 Å². The van der Waals surface area contributed by atoms with Crippen molar-refractivity contribution in [2.75, 3.05) is 20.3 Å². The summed E-state index contributed by atoms with van der Waals surface area (Å²) >= 11 is 0. The van der Waals surface area contributed by atoms with Crippen molar-refractivity contribution in [2.45, 2.75) is 23.9 Å². The molecule has 0 N–H and O–H groups in total. The number of ether oxygens (including phenoxy) is 1. The highest BCUT2D eigenvalue weighted by molar-refractivity contribution is 5.64. The lowest BCUT2D eigenvalue weighted by Crippen LogP contribution is -2.66. The van der Waals surface area contributed by atoms with Gasteiger partial charge in [-0.1, -0.05) is 48.5 Å². The molecular weight excluding hydrogens is 270 g/mol. The average molecular weight is 289 g/mol. The van der Waals surface area contributed by atoms with Gasteiger partial charge in [0.2, 0.25) is 0 Å². The van der Waals surface area contributed by atoms with Crippen molar-refractivity contribution in [3.63, 3.8) is 0 Å². The van der Waals surface area contributed by atoms with E-state index in [0.29, 0.717) is 11.8 Å². The van der Waals surface area contributed by atoms with E-state index in [-0.39, 0.29) is 11.0 Å². The van der Waals surface area contributed by atoms with Crippen LogP contribution in [0.15, 0.2) is 48.5 Å². The van der Waals surface area contributed by atoms with Gasteiger partial charge in [0.15, 0.2) is 0 Å². The molecule has 4 bridgehead atoms. The Morgan fingerprint density at radius 1 is 1.00 bits per heavy atom. The first-order valence-electron chi connectivity index (χ1n) is 8.29. The van der Waals surface area contributed by atoms with Crippen LogP contribution < -0.4 is 0 Å². The van der Waals surface area contributed by atoms with Crippen LogP contribution >= 0.6 is 0 Å². The van der Waals surface area contributed by atoms with Gasteiger partial charge in [-0.2, -0.15) is 0 Å². The monoisotopic (exact) mass is 289 g/mol. The van der Waals surface area contributed by atoms with Crippen molar-refractivity contribution >= 4 is 0 Å². The number of benzene rings is 2. The molecule has 1 spiro atoms. The number of rotatable bonds is 0. The Labute approximate surface area is 130 Å². The summed E-state index contributed by atoms with van der Waals surface area (Å²) in [5.74, 6) is 1.32. The minimum atomic E-state index is -0.202. The predicted octanol–water partition coefficient (Wildman–Crippen LogP) is 3.43. The van der Waals surface area contributed by atoms with E-state index in [9.17, 15) is 0 Å². The van der Waals surface area contributed by atoms with Crippen LogP contribution in [0.4, 0.5) is 0 Å². The van der Waals surface area contributed by atoms with Crippen LogP contribution in [0, 0.1) is 5.41 Å². The summed E-state index contributed by atoms with van der Waals surface area (Å²) in [6, 6.07) is 18.1. The number of fused-ring (bicyclic) bond motifs is 3. The molecule has 2 aromatic carbocycles. The molecule has 2 aromatic rings. The van der Waals surface area contributed by atoms with E-state index in [0.717, 1.165) is 13.3 Å². The third-order valence-corrected chi connectivity index (χ3v) is 6.75. The summed E-state index contributed by atoms with van der Waals surface area (Å²) in [6.45, 7) is 1.87. The third-order valence-electron chi connectivity index (χ3n) is 6.75. The smallest absolute Gasteiger partial charge is 0.128 e. The molecule has 0 aromatic heterocycles. The summed E-state index contributed by atoms with van der Waals surface area (Å²) in [7, 11) is 2.19. The van der Waals surface area contributed by atoms with Gasteiger partial charge in [-0.3, -0.25) is 4.90 Å². The fourth-order valence-electron chi connectivity index (χ4n) is 6.25. The lowest BCUT2D eigenvalue weighted by molar-refractivity contribution is -0.237. The van der Waals surface area contributed by atoms with E-state index in [4.69, 9.17) is 4.74 Å². The highest BCUT2D eigenvalue weighted by Gasteiger charge is 2.77. The zero-order valence-electron chi connectivity index (χ0n) is 12.8. The Morgan fingerprint density at radius 2 is 1.68 bits per heavy atom. The van der Waals surface area contributed by atoms with E-state index in [1.165, 1.54) is 23.1 Å². The van der Waals surface area contributed by atoms with Crippen molar-refractivity contribution in [3.8, 4) is 0 Å². The topological polar surface area (TPSA) is 12.5 Å². The maximum Gasteiger partial charge on any atom is 0.128 e. The Balaban J connectivity index is 1.76. The normalized spacial score (nSPS) is 40.4. The van der Waals surface area contributed by atoms with E-state index >= 15 is 0 Å². The van der Waals surface area contributed by atoms with E-state index in [2.05, 4.69) is 60.5 Å². The SMILES string of the molecule is CN1COC23c4ccccc4C4CC2(C1)C4c1ccccc13. The summed E-state index contributed by atoms with van der Waals surface area (Å²) in [6.07, 6.45) is 1.27. The Morgan fingerprint density at radius 3 is 2.50 bits per heavy atom. The van der Waals surface area contributed by atoms with Gasteiger partial charge in [0.25, 0.3) is 0 Å². The second-order valence-electron chi connectivity index (χ2n) is 7.59. The molecule has 1 aliphatic heterocycles. The second-order valence-corrected chi connectivity index (χ2v) is 7.59. The first kappa shape index (κ1) is 11.9. The van der Waals surface area contributed by atoms with Gasteiger partial charge in [0, 0.05) is 17.9 Å². The first-order chi connectivity index (χ1) is 10.8. The molecule has 0 amide bonds. The summed E-state index contributed by atoms with van der Waals surface area (Å²) in [5.41, 5.74) is 6.02. The molecule has 4 unspecified atom stereocenters. The highest BCUT2D eigenvalue weighted by atomic mass is 16.5. The molecule has 2 fully saturated rings. The zero-order chi connectivity index (χ0) is 14.5. The zero-order valence-corrected chi connectivity index (χ0v) is 12.8. The molecule has 2 heteroatoms. The van der Waals surface area contributed by atoms with Crippen molar-refractivity contribution < 1.29 is 4.74 Å². The van der Waals surface area contributed by atoms with E-state index in [1.807, 2.05) is 0 Å². The first-order valence-corrected chi connectivity index (χ1v) is 8.29. The maximum absolute atomic E-state index is 6.69. The highest BCUT2D eigenvalue weighted by Crippen LogP contribution is 2.80. The Kier molecular flexibility index (Phi) is 1.87. The third kappa shape index (κ3) is 0.974. The number of hydrogen-bond acceptors (Lipinski definition) is 2. The minimum absolute atomic E-state index is 0.202.